The predicted molar refractivity (Wildman–Crippen MR) is 69.9 cm³/mol. The van der Waals surface area contributed by atoms with Crippen LogP contribution in [0.5, 0.6) is 0 Å². The van der Waals surface area contributed by atoms with Crippen molar-refractivity contribution < 1.29 is 0 Å². The third-order valence-corrected chi connectivity index (χ3v) is 3.03. The standard InChI is InChI=1S/C14H9N4/c1-3-7-12-10(5-1)9-18(17-12)14-11-6-2-4-8-13(11)15-16-14/h1-9H. The molecule has 4 rings (SSSR count). The molecule has 1 aromatic heterocycles. The molecule has 0 unspecified atom stereocenters. The van der Waals surface area contributed by atoms with E-state index in [1.165, 1.54) is 0 Å². The lowest BCUT2D eigenvalue weighted by molar-refractivity contribution is 0.918. The summed E-state index contributed by atoms with van der Waals surface area (Å²) in [6.45, 7) is 0. The molecule has 0 bridgehead atoms. The summed E-state index contributed by atoms with van der Waals surface area (Å²) in [6, 6.07) is 15.9. The molecule has 0 atom stereocenters. The van der Waals surface area contributed by atoms with E-state index in [1.807, 2.05) is 54.7 Å². The Labute approximate surface area is 104 Å². The Balaban J connectivity index is 1.89. The minimum absolute atomic E-state index is 0.779. The molecule has 4 heteroatoms. The zero-order valence-electron chi connectivity index (χ0n) is 9.49. The van der Waals surface area contributed by atoms with E-state index in [2.05, 4.69) is 15.6 Å². The van der Waals surface area contributed by atoms with E-state index in [4.69, 9.17) is 0 Å². The molecular formula is C14H9N4. The van der Waals surface area contributed by atoms with Gasteiger partial charge >= 0.3 is 0 Å². The Kier molecular flexibility index (Phi) is 1.80. The van der Waals surface area contributed by atoms with E-state index in [-0.39, 0.29) is 0 Å². The molecule has 0 fully saturated rings. The van der Waals surface area contributed by atoms with Crippen LogP contribution in [0.15, 0.2) is 59.8 Å². The van der Waals surface area contributed by atoms with E-state index in [1.54, 1.807) is 4.68 Å². The molecule has 1 aliphatic heterocycles. The van der Waals surface area contributed by atoms with Crippen molar-refractivity contribution in [3.05, 3.63) is 60.3 Å². The Morgan fingerprint density at radius 2 is 1.72 bits per heavy atom. The Morgan fingerprint density at radius 3 is 2.67 bits per heavy atom. The van der Waals surface area contributed by atoms with Gasteiger partial charge in [-0.15, -0.1) is 10.5 Å². The van der Waals surface area contributed by atoms with Gasteiger partial charge in [-0.2, -0.15) is 5.10 Å². The van der Waals surface area contributed by atoms with E-state index >= 15 is 0 Å². The van der Waals surface area contributed by atoms with Gasteiger partial charge in [-0.1, -0.05) is 30.3 Å². The smallest absolute Gasteiger partial charge is 0.185 e. The van der Waals surface area contributed by atoms with Gasteiger partial charge in [0.15, 0.2) is 5.84 Å². The molecule has 18 heavy (non-hydrogen) atoms. The summed E-state index contributed by atoms with van der Waals surface area (Å²) in [5.41, 5.74) is 7.03. The molecular weight excluding hydrogens is 224 g/mol. The van der Waals surface area contributed by atoms with Gasteiger partial charge in [0.05, 0.1) is 11.2 Å². The topological polar surface area (TPSA) is 44.3 Å². The highest BCUT2D eigenvalue weighted by Crippen LogP contribution is 2.23. The quantitative estimate of drug-likeness (QED) is 0.588. The van der Waals surface area contributed by atoms with Crippen molar-refractivity contribution in [2.75, 3.05) is 0 Å². The van der Waals surface area contributed by atoms with Crippen molar-refractivity contribution in [2.24, 2.45) is 5.10 Å². The van der Waals surface area contributed by atoms with Crippen LogP contribution in [0.25, 0.3) is 10.9 Å². The molecule has 3 aromatic rings. The van der Waals surface area contributed by atoms with E-state index in [9.17, 15) is 0 Å². The lowest BCUT2D eigenvalue weighted by Crippen LogP contribution is -2.11. The number of nitrogens with zero attached hydrogens (tertiary/aromatic N) is 4. The van der Waals surface area contributed by atoms with Gasteiger partial charge in [-0.3, -0.25) is 0 Å². The van der Waals surface area contributed by atoms with E-state index in [0.717, 1.165) is 28.0 Å². The van der Waals surface area contributed by atoms with Crippen LogP contribution in [0.2, 0.25) is 0 Å². The molecule has 4 nitrogen and oxygen atoms in total. The molecule has 0 amide bonds. The summed E-state index contributed by atoms with van der Waals surface area (Å²) in [7, 11) is 0. The zero-order valence-corrected chi connectivity index (χ0v) is 9.49. The first-order valence-electron chi connectivity index (χ1n) is 5.75. The van der Waals surface area contributed by atoms with Crippen LogP contribution in [-0.4, -0.2) is 15.6 Å². The third-order valence-electron chi connectivity index (χ3n) is 3.03. The van der Waals surface area contributed by atoms with Crippen molar-refractivity contribution in [2.45, 2.75) is 0 Å². The predicted octanol–water partition coefficient (Wildman–Crippen LogP) is 2.50. The second kappa shape index (κ2) is 3.43. The summed E-state index contributed by atoms with van der Waals surface area (Å²) in [5, 5.41) is 9.83. The van der Waals surface area contributed by atoms with Crippen molar-refractivity contribution in [1.82, 2.24) is 15.2 Å². The van der Waals surface area contributed by atoms with Gasteiger partial charge in [-0.25, -0.2) is 4.68 Å². The second-order valence-corrected chi connectivity index (χ2v) is 4.17. The maximum absolute atomic E-state index is 4.52. The van der Waals surface area contributed by atoms with Crippen LogP contribution in [0.4, 0.5) is 5.69 Å². The maximum Gasteiger partial charge on any atom is 0.185 e. The van der Waals surface area contributed by atoms with Gasteiger partial charge in [0.1, 0.15) is 0 Å². The second-order valence-electron chi connectivity index (χ2n) is 4.17. The maximum atomic E-state index is 4.52. The van der Waals surface area contributed by atoms with Crippen LogP contribution in [0, 0.1) is 0 Å². The van der Waals surface area contributed by atoms with Crippen LogP contribution in [-0.2, 0) is 0 Å². The first-order chi connectivity index (χ1) is 8.92. The Bertz CT molecular complexity index is 737. The van der Waals surface area contributed by atoms with Crippen molar-refractivity contribution in [1.29, 1.82) is 0 Å². The average Bonchev–Trinajstić information content (AvgIpc) is 3.02. The molecule has 0 aliphatic carbocycles. The molecule has 2 heterocycles. The monoisotopic (exact) mass is 233 g/mol. The molecule has 0 spiro atoms. The summed E-state index contributed by atoms with van der Waals surface area (Å²) < 4.78 is 1.79. The first-order valence-corrected chi connectivity index (χ1v) is 5.75. The highest BCUT2D eigenvalue weighted by Gasteiger charge is 2.19. The number of hydrogen-bond acceptors (Lipinski definition) is 2. The summed E-state index contributed by atoms with van der Waals surface area (Å²) in [6.07, 6.45) is 1.98. The number of rotatable bonds is 0. The zero-order chi connectivity index (χ0) is 11.9. The lowest BCUT2D eigenvalue weighted by Gasteiger charge is -1.99. The fourth-order valence-electron chi connectivity index (χ4n) is 2.15. The highest BCUT2D eigenvalue weighted by molar-refractivity contribution is 6.06. The average molecular weight is 233 g/mol. The molecule has 1 aliphatic rings. The normalized spacial score (nSPS) is 13.2. The summed E-state index contributed by atoms with van der Waals surface area (Å²) in [4.78, 5) is 0. The number of fused-ring (bicyclic) bond motifs is 2. The van der Waals surface area contributed by atoms with Gasteiger partial charge in [-0.05, 0) is 18.2 Å². The molecule has 2 aromatic carbocycles. The molecule has 0 saturated carbocycles. The molecule has 85 valence electrons. The van der Waals surface area contributed by atoms with Gasteiger partial charge in [0, 0.05) is 17.1 Å². The Hall–Kier alpha value is -2.62. The van der Waals surface area contributed by atoms with Gasteiger partial charge in [0.2, 0.25) is 0 Å². The van der Waals surface area contributed by atoms with Crippen molar-refractivity contribution >= 4 is 22.4 Å². The summed E-state index contributed by atoms with van der Waals surface area (Å²) >= 11 is 0. The number of benzene rings is 2. The number of aromatic nitrogens is 2. The Morgan fingerprint density at radius 1 is 0.889 bits per heavy atom. The van der Waals surface area contributed by atoms with Crippen molar-refractivity contribution in [3.63, 3.8) is 0 Å². The van der Waals surface area contributed by atoms with E-state index in [0.29, 0.717) is 0 Å². The number of hydrogen-bond donors (Lipinski definition) is 0. The SMILES string of the molecule is c1ccc2c(c1)[N]N=C2n1cc2ccccc2n1. The molecule has 1 radical (unpaired) electrons. The van der Waals surface area contributed by atoms with Gasteiger partial charge < -0.3 is 0 Å². The minimum atomic E-state index is 0.779. The van der Waals surface area contributed by atoms with Crippen LogP contribution < -0.4 is 5.43 Å². The first kappa shape index (κ1) is 9.41. The van der Waals surface area contributed by atoms with E-state index < -0.39 is 0 Å². The fraction of sp³-hybridized carbons (Fsp3) is 0. The van der Waals surface area contributed by atoms with Crippen LogP contribution in [0.1, 0.15) is 5.56 Å². The molecule has 0 N–H and O–H groups in total. The largest absolute Gasteiger partial charge is 0.219 e. The van der Waals surface area contributed by atoms with Gasteiger partial charge in [0.25, 0.3) is 0 Å². The van der Waals surface area contributed by atoms with Crippen molar-refractivity contribution in [3.8, 4) is 0 Å². The fourth-order valence-corrected chi connectivity index (χ4v) is 2.15. The van der Waals surface area contributed by atoms with Crippen LogP contribution in [0.3, 0.4) is 0 Å². The highest BCUT2D eigenvalue weighted by atomic mass is 15.4. The summed E-state index contributed by atoms with van der Waals surface area (Å²) in [5.74, 6) is 0.779. The minimum Gasteiger partial charge on any atom is -0.219 e. The molecule has 0 saturated heterocycles. The third kappa shape index (κ3) is 1.26. The van der Waals surface area contributed by atoms with Crippen LogP contribution >= 0.6 is 0 Å². The lowest BCUT2D eigenvalue weighted by atomic mass is 10.2.